The van der Waals surface area contributed by atoms with Crippen LogP contribution in [0.25, 0.3) is 5.78 Å². The van der Waals surface area contributed by atoms with Crippen molar-refractivity contribution in [2.45, 2.75) is 33.3 Å². The number of aromatic nitrogens is 4. The Labute approximate surface area is 158 Å². The van der Waals surface area contributed by atoms with Crippen molar-refractivity contribution in [1.29, 1.82) is 0 Å². The Morgan fingerprint density at radius 2 is 2.15 bits per heavy atom. The van der Waals surface area contributed by atoms with E-state index in [2.05, 4.69) is 25.1 Å². The Morgan fingerprint density at radius 1 is 1.37 bits per heavy atom. The second-order valence-electron chi connectivity index (χ2n) is 5.80. The smallest absolute Gasteiger partial charge is 0.387 e. The normalized spacial score (nSPS) is 11.2. The summed E-state index contributed by atoms with van der Waals surface area (Å²) in [6, 6.07) is 4.08. The number of fused-ring (bicyclic) bond motifs is 1. The third-order valence-electron chi connectivity index (χ3n) is 4.02. The Balaban J connectivity index is 1.66. The zero-order valence-corrected chi connectivity index (χ0v) is 15.3. The fourth-order valence-corrected chi connectivity index (χ4v) is 2.97. The van der Waals surface area contributed by atoms with Crippen molar-refractivity contribution < 1.29 is 18.3 Å². The maximum absolute atomic E-state index is 12.2. The van der Waals surface area contributed by atoms with Crippen LogP contribution >= 0.6 is 11.6 Å². The van der Waals surface area contributed by atoms with Crippen LogP contribution in [-0.2, 0) is 11.2 Å². The zero-order valence-electron chi connectivity index (χ0n) is 14.5. The number of aryl methyl sites for hydroxylation is 2. The van der Waals surface area contributed by atoms with Crippen molar-refractivity contribution >= 4 is 29.0 Å². The number of carbonyl (C=O) groups is 1. The molecule has 142 valence electrons. The fraction of sp³-hybridized carbons (Fsp3) is 0.294. The molecule has 0 radical (unpaired) electrons. The molecule has 7 nitrogen and oxygen atoms in total. The van der Waals surface area contributed by atoms with Crippen LogP contribution in [0.1, 0.15) is 23.4 Å². The van der Waals surface area contributed by atoms with Crippen LogP contribution in [0.4, 0.5) is 14.5 Å². The van der Waals surface area contributed by atoms with Crippen molar-refractivity contribution in [1.82, 2.24) is 19.6 Å². The van der Waals surface area contributed by atoms with E-state index >= 15 is 0 Å². The van der Waals surface area contributed by atoms with Crippen molar-refractivity contribution in [3.63, 3.8) is 0 Å². The Morgan fingerprint density at radius 3 is 2.85 bits per heavy atom. The molecule has 0 unspecified atom stereocenters. The largest absolute Gasteiger partial charge is 0.433 e. The third kappa shape index (κ3) is 4.30. The summed E-state index contributed by atoms with van der Waals surface area (Å²) in [5.41, 5.74) is 2.98. The average molecular weight is 396 g/mol. The van der Waals surface area contributed by atoms with Crippen LogP contribution < -0.4 is 10.1 Å². The molecular formula is C17H16ClF2N5O2. The topological polar surface area (TPSA) is 81.4 Å². The van der Waals surface area contributed by atoms with E-state index in [1.165, 1.54) is 24.5 Å². The minimum Gasteiger partial charge on any atom is -0.433 e. The molecule has 0 spiro atoms. The summed E-state index contributed by atoms with van der Waals surface area (Å²) < 4.78 is 30.4. The molecule has 2 aromatic heterocycles. The number of benzene rings is 1. The summed E-state index contributed by atoms with van der Waals surface area (Å²) in [5, 5.41) is 6.79. The highest BCUT2D eigenvalue weighted by Crippen LogP contribution is 2.29. The second kappa shape index (κ2) is 7.83. The van der Waals surface area contributed by atoms with Gasteiger partial charge in [0.25, 0.3) is 5.78 Å². The number of hydrogen-bond donors (Lipinski definition) is 1. The summed E-state index contributed by atoms with van der Waals surface area (Å²) in [6.07, 6.45) is 2.10. The number of nitrogens with zero attached hydrogens (tertiary/aromatic N) is 4. The van der Waals surface area contributed by atoms with E-state index in [1.807, 2.05) is 13.8 Å². The molecule has 2 heterocycles. The van der Waals surface area contributed by atoms with Gasteiger partial charge in [-0.3, -0.25) is 4.79 Å². The molecule has 0 saturated carbocycles. The van der Waals surface area contributed by atoms with E-state index in [1.54, 1.807) is 4.52 Å². The van der Waals surface area contributed by atoms with Crippen molar-refractivity contribution in [3.8, 4) is 5.75 Å². The molecule has 0 fully saturated rings. The van der Waals surface area contributed by atoms with Gasteiger partial charge in [-0.15, -0.1) is 0 Å². The third-order valence-corrected chi connectivity index (χ3v) is 4.32. The minimum atomic E-state index is -2.97. The number of nitrogens with one attached hydrogen (secondary N) is 1. The molecule has 3 rings (SSSR count). The number of carbonyl (C=O) groups excluding carboxylic acids is 1. The van der Waals surface area contributed by atoms with Gasteiger partial charge in [0.1, 0.15) is 12.1 Å². The van der Waals surface area contributed by atoms with Crippen LogP contribution in [0.3, 0.4) is 0 Å². The molecule has 0 bridgehead atoms. The zero-order chi connectivity index (χ0) is 19.6. The summed E-state index contributed by atoms with van der Waals surface area (Å²) >= 11 is 5.88. The number of hydrogen-bond acceptors (Lipinski definition) is 5. The van der Waals surface area contributed by atoms with Gasteiger partial charge in [0, 0.05) is 23.5 Å². The van der Waals surface area contributed by atoms with Crippen molar-refractivity contribution in [2.75, 3.05) is 5.32 Å². The maximum Gasteiger partial charge on any atom is 0.387 e. The lowest BCUT2D eigenvalue weighted by Gasteiger charge is -2.11. The van der Waals surface area contributed by atoms with E-state index in [4.69, 9.17) is 11.6 Å². The molecule has 1 amide bonds. The van der Waals surface area contributed by atoms with E-state index < -0.39 is 6.61 Å². The molecule has 0 atom stereocenters. The first-order valence-electron chi connectivity index (χ1n) is 8.05. The van der Waals surface area contributed by atoms with Crippen molar-refractivity contribution in [2.24, 2.45) is 0 Å². The molecule has 1 aromatic carbocycles. The molecule has 1 N–H and O–H groups in total. The highest BCUT2D eigenvalue weighted by atomic mass is 35.5. The van der Waals surface area contributed by atoms with Gasteiger partial charge in [0.05, 0.1) is 5.02 Å². The number of halogens is 3. The van der Waals surface area contributed by atoms with Gasteiger partial charge in [-0.2, -0.15) is 18.9 Å². The minimum absolute atomic E-state index is 0.0133. The SMILES string of the molecule is Cc1nc2ncnn2c(C)c1CCC(=O)Nc1ccc(OC(F)F)c(Cl)c1. The number of anilines is 1. The molecule has 10 heteroatoms. The highest BCUT2D eigenvalue weighted by molar-refractivity contribution is 6.32. The van der Waals surface area contributed by atoms with E-state index in [0.29, 0.717) is 17.9 Å². The predicted molar refractivity (Wildman–Crippen MR) is 95.3 cm³/mol. The highest BCUT2D eigenvalue weighted by Gasteiger charge is 2.14. The molecule has 3 aromatic rings. The van der Waals surface area contributed by atoms with E-state index in [-0.39, 0.29) is 23.1 Å². The first-order valence-corrected chi connectivity index (χ1v) is 8.43. The summed E-state index contributed by atoms with van der Waals surface area (Å²) in [5.74, 6) is 0.119. The van der Waals surface area contributed by atoms with Gasteiger partial charge in [0.2, 0.25) is 5.91 Å². The molecule has 27 heavy (non-hydrogen) atoms. The fourth-order valence-electron chi connectivity index (χ4n) is 2.75. The van der Waals surface area contributed by atoms with Gasteiger partial charge in [-0.25, -0.2) is 9.50 Å². The second-order valence-corrected chi connectivity index (χ2v) is 6.21. The maximum atomic E-state index is 12.2. The van der Waals surface area contributed by atoms with Gasteiger partial charge in [-0.05, 0) is 44.0 Å². The van der Waals surface area contributed by atoms with Crippen LogP contribution in [0.5, 0.6) is 5.75 Å². The van der Waals surface area contributed by atoms with Gasteiger partial charge < -0.3 is 10.1 Å². The lowest BCUT2D eigenvalue weighted by atomic mass is 10.1. The molecule has 0 saturated heterocycles. The summed E-state index contributed by atoms with van der Waals surface area (Å²) in [6.45, 7) is 0.784. The monoisotopic (exact) mass is 395 g/mol. The Hall–Kier alpha value is -2.81. The predicted octanol–water partition coefficient (Wildman–Crippen LogP) is 3.57. The number of ether oxygens (including phenoxy) is 1. The van der Waals surface area contributed by atoms with Crippen LogP contribution in [-0.4, -0.2) is 32.1 Å². The molecular weight excluding hydrogens is 380 g/mol. The number of alkyl halides is 2. The lowest BCUT2D eigenvalue weighted by Crippen LogP contribution is -2.14. The number of rotatable bonds is 6. The number of amides is 1. The average Bonchev–Trinajstić information content (AvgIpc) is 3.05. The summed E-state index contributed by atoms with van der Waals surface area (Å²) in [4.78, 5) is 20.7. The molecule has 0 aliphatic heterocycles. The lowest BCUT2D eigenvalue weighted by molar-refractivity contribution is -0.116. The Bertz CT molecular complexity index is 993. The molecule has 0 aliphatic carbocycles. The Kier molecular flexibility index (Phi) is 5.50. The first-order chi connectivity index (χ1) is 12.8. The van der Waals surface area contributed by atoms with Gasteiger partial charge in [0.15, 0.2) is 0 Å². The van der Waals surface area contributed by atoms with Crippen molar-refractivity contribution in [3.05, 3.63) is 46.5 Å². The molecule has 0 aliphatic rings. The quantitative estimate of drug-likeness (QED) is 0.690. The van der Waals surface area contributed by atoms with Gasteiger partial charge in [-0.1, -0.05) is 11.6 Å². The standard InChI is InChI=1S/C17H16ClF2N5O2/c1-9-12(10(2)25-17(23-9)21-8-22-25)4-6-15(26)24-11-3-5-14(13(18)7-11)27-16(19)20/h3,5,7-8,16H,4,6H2,1-2H3,(H,24,26). The van der Waals surface area contributed by atoms with Crippen LogP contribution in [0.15, 0.2) is 24.5 Å². The van der Waals surface area contributed by atoms with E-state index in [9.17, 15) is 13.6 Å². The van der Waals surface area contributed by atoms with Crippen LogP contribution in [0.2, 0.25) is 5.02 Å². The van der Waals surface area contributed by atoms with Crippen LogP contribution in [0, 0.1) is 13.8 Å². The first kappa shape index (κ1) is 19.0. The summed E-state index contributed by atoms with van der Waals surface area (Å²) in [7, 11) is 0. The van der Waals surface area contributed by atoms with E-state index in [0.717, 1.165) is 17.0 Å². The van der Waals surface area contributed by atoms with Gasteiger partial charge >= 0.3 is 6.61 Å².